The third-order valence-corrected chi connectivity index (χ3v) is 6.00. The first-order valence-corrected chi connectivity index (χ1v) is 10.1. The van der Waals surface area contributed by atoms with E-state index < -0.39 is 16.5 Å². The summed E-state index contributed by atoms with van der Waals surface area (Å²) in [4.78, 5) is 27.7. The Kier molecular flexibility index (Phi) is 4.17. The first kappa shape index (κ1) is 19.9. The van der Waals surface area contributed by atoms with E-state index in [9.17, 15) is 14.9 Å². The van der Waals surface area contributed by atoms with Crippen molar-refractivity contribution in [1.29, 1.82) is 0 Å². The number of carbonyl (C=O) groups excluding carboxylic acids is 1. The predicted octanol–water partition coefficient (Wildman–Crippen LogP) is 4.29. The van der Waals surface area contributed by atoms with E-state index in [-0.39, 0.29) is 11.3 Å². The van der Waals surface area contributed by atoms with E-state index in [0.717, 1.165) is 11.4 Å². The number of rotatable bonds is 3. The summed E-state index contributed by atoms with van der Waals surface area (Å²) in [5, 5.41) is 11.3. The van der Waals surface area contributed by atoms with E-state index in [4.69, 9.17) is 9.47 Å². The number of benzene rings is 3. The van der Waals surface area contributed by atoms with Crippen LogP contribution in [0.25, 0.3) is 0 Å². The molecule has 8 nitrogen and oxygen atoms in total. The molecule has 2 aliphatic rings. The molecule has 0 saturated carbocycles. The summed E-state index contributed by atoms with van der Waals surface area (Å²) in [7, 11) is 7.73. The van der Waals surface area contributed by atoms with Gasteiger partial charge in [0.1, 0.15) is 11.5 Å². The quantitative estimate of drug-likeness (QED) is 0.347. The summed E-state index contributed by atoms with van der Waals surface area (Å²) in [6, 6.07) is 15.7. The van der Waals surface area contributed by atoms with Crippen LogP contribution in [0.5, 0.6) is 11.5 Å². The van der Waals surface area contributed by atoms with Crippen LogP contribution in [-0.2, 0) is 10.3 Å². The zero-order valence-corrected chi connectivity index (χ0v) is 18.1. The van der Waals surface area contributed by atoms with Crippen molar-refractivity contribution in [1.82, 2.24) is 0 Å². The third kappa shape index (κ3) is 2.65. The highest BCUT2D eigenvalue weighted by Crippen LogP contribution is 2.57. The fraction of sp³-hybridized carbons (Fsp3) is 0.208. The topological polar surface area (TPSA) is 85.2 Å². The molecule has 5 rings (SSSR count). The molecule has 2 heterocycles. The van der Waals surface area contributed by atoms with Crippen molar-refractivity contribution >= 4 is 23.0 Å². The Bertz CT molecular complexity index is 1240. The maximum Gasteiger partial charge on any atom is 0.340 e. The van der Waals surface area contributed by atoms with Crippen LogP contribution in [0.2, 0.25) is 0 Å². The molecule has 0 fully saturated rings. The number of fused-ring (bicyclic) bond motifs is 6. The van der Waals surface area contributed by atoms with Crippen LogP contribution in [0.3, 0.4) is 0 Å². The second kappa shape index (κ2) is 6.71. The lowest BCUT2D eigenvalue weighted by Crippen LogP contribution is -2.33. The maximum atomic E-state index is 13.0. The Hall–Kier alpha value is -4.07. The molecule has 0 radical (unpaired) electrons. The summed E-state index contributed by atoms with van der Waals surface area (Å²) in [6.07, 6.45) is 0. The molecule has 32 heavy (non-hydrogen) atoms. The Morgan fingerprint density at radius 2 is 1.34 bits per heavy atom. The Morgan fingerprint density at radius 3 is 1.84 bits per heavy atom. The van der Waals surface area contributed by atoms with Crippen LogP contribution >= 0.6 is 0 Å². The molecule has 0 aliphatic carbocycles. The molecule has 0 aromatic heterocycles. The summed E-state index contributed by atoms with van der Waals surface area (Å²) >= 11 is 0. The molecule has 3 aromatic rings. The zero-order chi connectivity index (χ0) is 22.8. The monoisotopic (exact) mass is 431 g/mol. The van der Waals surface area contributed by atoms with Crippen molar-refractivity contribution in [2.75, 3.05) is 38.0 Å². The van der Waals surface area contributed by atoms with Gasteiger partial charge in [0, 0.05) is 80.5 Å². The number of anilines is 2. The number of esters is 1. The van der Waals surface area contributed by atoms with Crippen molar-refractivity contribution in [3.05, 3.63) is 87.0 Å². The summed E-state index contributed by atoms with van der Waals surface area (Å²) in [5.41, 5.74) is 2.55. The van der Waals surface area contributed by atoms with E-state index in [0.29, 0.717) is 28.2 Å². The normalized spacial score (nSPS) is 14.7. The van der Waals surface area contributed by atoms with Gasteiger partial charge in [-0.05, 0) is 30.3 Å². The van der Waals surface area contributed by atoms with Gasteiger partial charge in [0.2, 0.25) is 0 Å². The molecule has 2 aliphatic heterocycles. The largest absolute Gasteiger partial charge is 0.456 e. The summed E-state index contributed by atoms with van der Waals surface area (Å²) in [5.74, 6) is 0.535. The Balaban J connectivity index is 1.82. The Morgan fingerprint density at radius 1 is 0.812 bits per heavy atom. The number of nitro benzene ring substituents is 1. The number of carbonyl (C=O) groups is 1. The van der Waals surface area contributed by atoms with Gasteiger partial charge in [-0.1, -0.05) is 0 Å². The molecule has 0 unspecified atom stereocenters. The summed E-state index contributed by atoms with van der Waals surface area (Å²) < 4.78 is 12.4. The smallest absolute Gasteiger partial charge is 0.340 e. The number of ether oxygens (including phenoxy) is 2. The molecule has 8 heteroatoms. The van der Waals surface area contributed by atoms with Crippen LogP contribution in [0.4, 0.5) is 17.1 Å². The van der Waals surface area contributed by atoms with Gasteiger partial charge in [-0.25, -0.2) is 4.79 Å². The second-order valence-electron chi connectivity index (χ2n) is 8.31. The SMILES string of the molecule is CN(C)c1ccc2c(c1)Oc1cc(N(C)C)ccc1C21OC(=O)c2cc([N+](=O)[O-])ccc21. The van der Waals surface area contributed by atoms with Crippen LogP contribution in [-0.4, -0.2) is 39.1 Å². The molecule has 1 spiro atoms. The molecule has 0 amide bonds. The van der Waals surface area contributed by atoms with E-state index in [1.165, 1.54) is 12.1 Å². The van der Waals surface area contributed by atoms with Crippen molar-refractivity contribution in [2.45, 2.75) is 5.60 Å². The molecule has 0 bridgehead atoms. The predicted molar refractivity (Wildman–Crippen MR) is 120 cm³/mol. The minimum atomic E-state index is -1.25. The first-order chi connectivity index (χ1) is 15.2. The molecular formula is C24H21N3O5. The number of nitro groups is 1. The lowest BCUT2D eigenvalue weighted by atomic mass is 9.77. The number of nitrogens with zero attached hydrogens (tertiary/aromatic N) is 3. The zero-order valence-electron chi connectivity index (χ0n) is 18.1. The van der Waals surface area contributed by atoms with E-state index in [1.54, 1.807) is 6.07 Å². The number of hydrogen-bond acceptors (Lipinski definition) is 7. The van der Waals surface area contributed by atoms with Gasteiger partial charge in [-0.3, -0.25) is 10.1 Å². The molecule has 3 aromatic carbocycles. The molecule has 162 valence electrons. The lowest BCUT2D eigenvalue weighted by Gasteiger charge is -2.37. The molecule has 0 saturated heterocycles. The number of non-ortho nitro benzene ring substituents is 1. The average molecular weight is 431 g/mol. The van der Waals surface area contributed by atoms with E-state index in [1.807, 2.05) is 74.4 Å². The third-order valence-electron chi connectivity index (χ3n) is 6.00. The fourth-order valence-corrected chi connectivity index (χ4v) is 4.36. The maximum absolute atomic E-state index is 13.0. The molecule has 0 N–H and O–H groups in total. The van der Waals surface area contributed by atoms with Gasteiger partial charge in [0.05, 0.1) is 10.5 Å². The van der Waals surface area contributed by atoms with Gasteiger partial charge in [-0.2, -0.15) is 0 Å². The standard InChI is InChI=1S/C24H21N3O5/c1-25(2)14-5-9-19-21(12-14)31-22-13-15(26(3)4)6-10-20(22)24(19)18-8-7-16(27(29)30)11-17(18)23(28)32-24/h5-13H,1-4H3. The van der Waals surface area contributed by atoms with Gasteiger partial charge in [0.25, 0.3) is 5.69 Å². The second-order valence-corrected chi connectivity index (χ2v) is 8.31. The minimum absolute atomic E-state index is 0.156. The van der Waals surface area contributed by atoms with Crippen molar-refractivity contribution in [3.8, 4) is 11.5 Å². The van der Waals surface area contributed by atoms with Gasteiger partial charge in [-0.15, -0.1) is 0 Å². The van der Waals surface area contributed by atoms with E-state index >= 15 is 0 Å². The summed E-state index contributed by atoms with van der Waals surface area (Å²) in [6.45, 7) is 0. The first-order valence-electron chi connectivity index (χ1n) is 10.1. The lowest BCUT2D eigenvalue weighted by molar-refractivity contribution is -0.384. The Labute approximate surface area is 184 Å². The van der Waals surface area contributed by atoms with Crippen molar-refractivity contribution < 1.29 is 19.2 Å². The highest BCUT2D eigenvalue weighted by atomic mass is 16.6. The van der Waals surface area contributed by atoms with Gasteiger partial charge < -0.3 is 19.3 Å². The molecular weight excluding hydrogens is 410 g/mol. The van der Waals surface area contributed by atoms with Crippen LogP contribution < -0.4 is 14.5 Å². The van der Waals surface area contributed by atoms with Crippen molar-refractivity contribution in [3.63, 3.8) is 0 Å². The van der Waals surface area contributed by atoms with Crippen LogP contribution in [0, 0.1) is 10.1 Å². The van der Waals surface area contributed by atoms with Gasteiger partial charge in [0.15, 0.2) is 5.60 Å². The highest BCUT2D eigenvalue weighted by molar-refractivity contribution is 5.97. The fourth-order valence-electron chi connectivity index (χ4n) is 4.36. The van der Waals surface area contributed by atoms with E-state index in [2.05, 4.69) is 0 Å². The van der Waals surface area contributed by atoms with Crippen LogP contribution in [0.1, 0.15) is 27.0 Å². The minimum Gasteiger partial charge on any atom is -0.456 e. The van der Waals surface area contributed by atoms with Gasteiger partial charge >= 0.3 is 5.97 Å². The van der Waals surface area contributed by atoms with Crippen LogP contribution in [0.15, 0.2) is 54.6 Å². The van der Waals surface area contributed by atoms with Crippen molar-refractivity contribution in [2.24, 2.45) is 0 Å². The highest BCUT2D eigenvalue weighted by Gasteiger charge is 2.54. The number of hydrogen-bond donors (Lipinski definition) is 0. The average Bonchev–Trinajstić information content (AvgIpc) is 3.05. The molecule has 0 atom stereocenters.